The van der Waals surface area contributed by atoms with Crippen molar-refractivity contribution in [2.45, 2.75) is 39.3 Å². The maximum absolute atomic E-state index is 4.76. The fourth-order valence-corrected chi connectivity index (χ4v) is 3.09. The molecule has 94 valence electrons. The van der Waals surface area contributed by atoms with Crippen LogP contribution in [0.3, 0.4) is 0 Å². The van der Waals surface area contributed by atoms with Crippen molar-refractivity contribution in [1.82, 2.24) is 15.3 Å². The van der Waals surface area contributed by atoms with Crippen molar-refractivity contribution in [2.75, 3.05) is 0 Å². The Morgan fingerprint density at radius 3 is 3.06 bits per heavy atom. The molecule has 1 N–H and O–H groups in total. The Kier molecular flexibility index (Phi) is 3.39. The van der Waals surface area contributed by atoms with Crippen molar-refractivity contribution in [2.24, 2.45) is 0 Å². The van der Waals surface area contributed by atoms with Gasteiger partial charge in [-0.05, 0) is 17.9 Å². The van der Waals surface area contributed by atoms with E-state index in [0.29, 0.717) is 0 Å². The molecule has 1 aliphatic rings. The molecular formula is C14H17N3S. The molecule has 2 aromatic rings. The largest absolute Gasteiger partial charge is 0.307 e. The molecule has 1 aliphatic heterocycles. The quantitative estimate of drug-likeness (QED) is 0.917. The smallest absolute Gasteiger partial charge is 0.134 e. The first-order valence-electron chi connectivity index (χ1n) is 6.47. The van der Waals surface area contributed by atoms with E-state index in [-0.39, 0.29) is 0 Å². The molecule has 0 atom stereocenters. The molecule has 0 saturated carbocycles. The van der Waals surface area contributed by atoms with Crippen LogP contribution in [-0.2, 0) is 25.9 Å². The van der Waals surface area contributed by atoms with E-state index < -0.39 is 0 Å². The number of rotatable bonds is 4. The number of fused-ring (bicyclic) bond motifs is 1. The van der Waals surface area contributed by atoms with Crippen molar-refractivity contribution >= 4 is 11.3 Å². The summed E-state index contributed by atoms with van der Waals surface area (Å²) in [6.45, 7) is 4.03. The Morgan fingerprint density at radius 2 is 2.28 bits per heavy atom. The van der Waals surface area contributed by atoms with E-state index in [1.807, 2.05) is 0 Å². The summed E-state index contributed by atoms with van der Waals surface area (Å²) in [6.07, 6.45) is 3.06. The van der Waals surface area contributed by atoms with Crippen LogP contribution in [-0.4, -0.2) is 9.97 Å². The lowest BCUT2D eigenvalue weighted by atomic mass is 10.1. The number of hydrogen-bond acceptors (Lipinski definition) is 4. The lowest BCUT2D eigenvalue weighted by molar-refractivity contribution is 0.753. The summed E-state index contributed by atoms with van der Waals surface area (Å²) in [6, 6.07) is 4.24. The van der Waals surface area contributed by atoms with Crippen LogP contribution in [0.2, 0.25) is 0 Å². The number of thiophene rings is 1. The number of nitrogens with one attached hydrogen (secondary N) is 1. The summed E-state index contributed by atoms with van der Waals surface area (Å²) in [5.74, 6) is 0.975. The Balaban J connectivity index is 1.93. The van der Waals surface area contributed by atoms with Gasteiger partial charge in [-0.3, -0.25) is 0 Å². The van der Waals surface area contributed by atoms with E-state index in [1.165, 1.54) is 21.8 Å². The third-order valence-corrected chi connectivity index (χ3v) is 4.09. The highest BCUT2D eigenvalue weighted by Gasteiger charge is 2.18. The van der Waals surface area contributed by atoms with Gasteiger partial charge in [0.25, 0.3) is 0 Å². The molecule has 0 unspecified atom stereocenters. The first-order chi connectivity index (χ1) is 8.86. The molecule has 0 bridgehead atoms. The second-order valence-electron chi connectivity index (χ2n) is 4.62. The fourth-order valence-electron chi connectivity index (χ4n) is 2.39. The molecule has 3 nitrogen and oxygen atoms in total. The second kappa shape index (κ2) is 5.16. The fraction of sp³-hybridized carbons (Fsp3) is 0.429. The van der Waals surface area contributed by atoms with Gasteiger partial charge in [-0.15, -0.1) is 11.3 Å². The normalized spacial score (nSPS) is 13.8. The zero-order valence-electron chi connectivity index (χ0n) is 10.6. The SMILES string of the molecule is CCCc1nc(Cc2cccs2)nc2c1CNC2. The van der Waals surface area contributed by atoms with Gasteiger partial charge < -0.3 is 5.32 Å². The average molecular weight is 259 g/mol. The van der Waals surface area contributed by atoms with Crippen molar-refractivity contribution in [3.05, 3.63) is 45.2 Å². The maximum atomic E-state index is 4.76. The Bertz CT molecular complexity index is 534. The molecule has 0 spiro atoms. The van der Waals surface area contributed by atoms with Gasteiger partial charge in [0.2, 0.25) is 0 Å². The molecule has 0 aliphatic carbocycles. The maximum Gasteiger partial charge on any atom is 0.134 e. The summed E-state index contributed by atoms with van der Waals surface area (Å²) in [5.41, 5.74) is 3.80. The predicted octanol–water partition coefficient (Wildman–Crippen LogP) is 2.68. The highest BCUT2D eigenvalue weighted by Crippen LogP contribution is 2.20. The zero-order chi connectivity index (χ0) is 12.4. The van der Waals surface area contributed by atoms with E-state index in [4.69, 9.17) is 9.97 Å². The summed E-state index contributed by atoms with van der Waals surface area (Å²) in [5, 5.41) is 5.48. The molecule has 3 heterocycles. The van der Waals surface area contributed by atoms with E-state index in [9.17, 15) is 0 Å². The second-order valence-corrected chi connectivity index (χ2v) is 5.65. The van der Waals surface area contributed by atoms with Crippen LogP contribution >= 0.6 is 11.3 Å². The summed E-state index contributed by atoms with van der Waals surface area (Å²) in [4.78, 5) is 10.8. The summed E-state index contributed by atoms with van der Waals surface area (Å²) in [7, 11) is 0. The van der Waals surface area contributed by atoms with Crippen LogP contribution in [0.1, 0.15) is 41.0 Å². The van der Waals surface area contributed by atoms with Gasteiger partial charge in [-0.2, -0.15) is 0 Å². The molecule has 0 saturated heterocycles. The highest BCUT2D eigenvalue weighted by atomic mass is 32.1. The van der Waals surface area contributed by atoms with E-state index in [0.717, 1.165) is 38.2 Å². The summed E-state index contributed by atoms with van der Waals surface area (Å²) >= 11 is 1.77. The van der Waals surface area contributed by atoms with Crippen LogP contribution in [0.4, 0.5) is 0 Å². The van der Waals surface area contributed by atoms with E-state index >= 15 is 0 Å². The van der Waals surface area contributed by atoms with Crippen molar-refractivity contribution < 1.29 is 0 Å². The number of aryl methyl sites for hydroxylation is 1. The van der Waals surface area contributed by atoms with Gasteiger partial charge in [0, 0.05) is 35.6 Å². The number of aromatic nitrogens is 2. The third-order valence-electron chi connectivity index (χ3n) is 3.22. The molecule has 0 amide bonds. The lowest BCUT2D eigenvalue weighted by Gasteiger charge is -2.08. The first-order valence-corrected chi connectivity index (χ1v) is 7.35. The van der Waals surface area contributed by atoms with Gasteiger partial charge >= 0.3 is 0 Å². The molecular weight excluding hydrogens is 242 g/mol. The van der Waals surface area contributed by atoms with E-state index in [2.05, 4.69) is 29.8 Å². The lowest BCUT2D eigenvalue weighted by Crippen LogP contribution is -2.06. The molecule has 0 fully saturated rings. The standard InChI is InChI=1S/C14H17N3S/c1-2-4-12-11-8-15-9-13(11)17-14(16-12)7-10-5-3-6-18-10/h3,5-6,15H,2,4,7-9H2,1H3. The summed E-state index contributed by atoms with van der Waals surface area (Å²) < 4.78 is 0. The Morgan fingerprint density at radius 1 is 1.33 bits per heavy atom. The average Bonchev–Trinajstić information content (AvgIpc) is 3.00. The van der Waals surface area contributed by atoms with Gasteiger partial charge in [0.1, 0.15) is 5.82 Å². The van der Waals surface area contributed by atoms with Gasteiger partial charge in [-0.25, -0.2) is 9.97 Å². The molecule has 18 heavy (non-hydrogen) atoms. The van der Waals surface area contributed by atoms with Crippen molar-refractivity contribution in [1.29, 1.82) is 0 Å². The van der Waals surface area contributed by atoms with Gasteiger partial charge in [0.05, 0.1) is 5.69 Å². The first kappa shape index (κ1) is 11.8. The van der Waals surface area contributed by atoms with Crippen LogP contribution in [0, 0.1) is 0 Å². The number of hydrogen-bond donors (Lipinski definition) is 1. The van der Waals surface area contributed by atoms with Crippen LogP contribution in [0.5, 0.6) is 0 Å². The molecule has 3 rings (SSSR count). The predicted molar refractivity (Wildman–Crippen MR) is 73.7 cm³/mol. The van der Waals surface area contributed by atoms with Crippen LogP contribution in [0.15, 0.2) is 17.5 Å². The third kappa shape index (κ3) is 2.31. The number of nitrogens with zero attached hydrogens (tertiary/aromatic N) is 2. The van der Waals surface area contributed by atoms with E-state index in [1.54, 1.807) is 11.3 Å². The zero-order valence-corrected chi connectivity index (χ0v) is 11.4. The van der Waals surface area contributed by atoms with Crippen molar-refractivity contribution in [3.8, 4) is 0 Å². The Hall–Kier alpha value is -1.26. The minimum atomic E-state index is 0.863. The minimum absolute atomic E-state index is 0.863. The molecule has 4 heteroatoms. The van der Waals surface area contributed by atoms with Crippen LogP contribution in [0.25, 0.3) is 0 Å². The molecule has 0 radical (unpaired) electrons. The molecule has 0 aromatic carbocycles. The van der Waals surface area contributed by atoms with Gasteiger partial charge in [-0.1, -0.05) is 19.4 Å². The highest BCUT2D eigenvalue weighted by molar-refractivity contribution is 7.09. The minimum Gasteiger partial charge on any atom is -0.307 e. The van der Waals surface area contributed by atoms with Crippen molar-refractivity contribution in [3.63, 3.8) is 0 Å². The monoisotopic (exact) mass is 259 g/mol. The Labute approximate surface area is 111 Å². The topological polar surface area (TPSA) is 37.8 Å². The van der Waals surface area contributed by atoms with Gasteiger partial charge in [0.15, 0.2) is 0 Å². The van der Waals surface area contributed by atoms with Crippen LogP contribution < -0.4 is 5.32 Å². The molecule has 2 aromatic heterocycles.